The van der Waals surface area contributed by atoms with Gasteiger partial charge in [-0.25, -0.2) is 0 Å². The molecule has 2 aromatic carbocycles. The molecule has 0 unspecified atom stereocenters. The molecule has 0 radical (unpaired) electrons. The number of aryl methyl sites for hydroxylation is 1. The number of hydrogen-bond acceptors (Lipinski definition) is 3. The average Bonchev–Trinajstić information content (AvgIpc) is 3.18. The van der Waals surface area contributed by atoms with Gasteiger partial charge in [-0.05, 0) is 61.1 Å². The number of benzene rings is 2. The van der Waals surface area contributed by atoms with Crippen LogP contribution in [0.15, 0.2) is 48.5 Å². The zero-order valence-corrected chi connectivity index (χ0v) is 16.3. The van der Waals surface area contributed by atoms with E-state index in [-0.39, 0.29) is 30.3 Å². The summed E-state index contributed by atoms with van der Waals surface area (Å²) in [6.45, 7) is 0.651. The van der Waals surface area contributed by atoms with Gasteiger partial charge in [0.2, 0.25) is 11.8 Å². The molecule has 0 saturated carbocycles. The van der Waals surface area contributed by atoms with Crippen LogP contribution in [0.1, 0.15) is 53.2 Å². The van der Waals surface area contributed by atoms with Gasteiger partial charge in [0.15, 0.2) is 0 Å². The van der Waals surface area contributed by atoms with Crippen molar-refractivity contribution in [3.05, 3.63) is 65.2 Å². The summed E-state index contributed by atoms with van der Waals surface area (Å²) in [5, 5.41) is 5.71. The Bertz CT molecular complexity index is 923. The molecule has 2 aromatic rings. The van der Waals surface area contributed by atoms with Crippen molar-refractivity contribution in [3.8, 4) is 0 Å². The van der Waals surface area contributed by atoms with Gasteiger partial charge in [-0.1, -0.05) is 24.3 Å². The first kappa shape index (κ1) is 19.2. The van der Waals surface area contributed by atoms with Gasteiger partial charge in [-0.3, -0.25) is 14.4 Å². The van der Waals surface area contributed by atoms with Gasteiger partial charge in [0.25, 0.3) is 5.91 Å². The Morgan fingerprint density at radius 2 is 1.79 bits per heavy atom. The largest absolute Gasteiger partial charge is 0.348 e. The molecule has 0 aromatic heterocycles. The maximum atomic E-state index is 12.4. The normalized spacial score (nSPS) is 18.3. The van der Waals surface area contributed by atoms with E-state index in [1.807, 2.05) is 12.1 Å². The number of amides is 3. The van der Waals surface area contributed by atoms with Crippen molar-refractivity contribution >= 4 is 23.4 Å². The van der Waals surface area contributed by atoms with Crippen molar-refractivity contribution < 1.29 is 14.4 Å². The Balaban J connectivity index is 1.30. The third kappa shape index (κ3) is 4.31. The SMILES string of the molecule is O=C(CNC(=O)c1ccc(N2CCCC2=O)cc1)N[C@@H]1CCCc2ccccc21. The Kier molecular flexibility index (Phi) is 5.60. The van der Waals surface area contributed by atoms with Crippen LogP contribution >= 0.6 is 0 Å². The van der Waals surface area contributed by atoms with Crippen molar-refractivity contribution in [2.75, 3.05) is 18.0 Å². The maximum absolute atomic E-state index is 12.4. The van der Waals surface area contributed by atoms with Gasteiger partial charge in [0.1, 0.15) is 0 Å². The fourth-order valence-corrected chi connectivity index (χ4v) is 4.13. The quantitative estimate of drug-likeness (QED) is 0.823. The lowest BCUT2D eigenvalue weighted by Crippen LogP contribution is -2.39. The topological polar surface area (TPSA) is 78.5 Å². The molecule has 1 saturated heterocycles. The first-order valence-electron chi connectivity index (χ1n) is 10.2. The minimum absolute atomic E-state index is 0.00151. The number of rotatable bonds is 5. The molecule has 2 aliphatic rings. The van der Waals surface area contributed by atoms with E-state index in [0.29, 0.717) is 12.0 Å². The monoisotopic (exact) mass is 391 g/mol. The molecule has 0 spiro atoms. The summed E-state index contributed by atoms with van der Waals surface area (Å²) in [7, 11) is 0. The highest BCUT2D eigenvalue weighted by Crippen LogP contribution is 2.29. The molecule has 0 bridgehead atoms. The van der Waals surface area contributed by atoms with Crippen molar-refractivity contribution in [2.24, 2.45) is 0 Å². The molecule has 6 heteroatoms. The van der Waals surface area contributed by atoms with Gasteiger partial charge >= 0.3 is 0 Å². The zero-order chi connectivity index (χ0) is 20.2. The highest BCUT2D eigenvalue weighted by molar-refractivity contribution is 5.98. The van der Waals surface area contributed by atoms with Crippen LogP contribution < -0.4 is 15.5 Å². The molecular weight excluding hydrogens is 366 g/mol. The van der Waals surface area contributed by atoms with Gasteiger partial charge in [-0.15, -0.1) is 0 Å². The predicted molar refractivity (Wildman–Crippen MR) is 111 cm³/mol. The van der Waals surface area contributed by atoms with Crippen LogP contribution in [0.2, 0.25) is 0 Å². The molecule has 1 aliphatic heterocycles. The lowest BCUT2D eigenvalue weighted by Gasteiger charge is -2.26. The van der Waals surface area contributed by atoms with E-state index in [9.17, 15) is 14.4 Å². The van der Waals surface area contributed by atoms with Crippen molar-refractivity contribution in [2.45, 2.75) is 38.1 Å². The molecule has 1 heterocycles. The van der Waals surface area contributed by atoms with Crippen LogP contribution in [0.5, 0.6) is 0 Å². The van der Waals surface area contributed by atoms with Gasteiger partial charge in [0.05, 0.1) is 12.6 Å². The Morgan fingerprint density at radius 1 is 1.00 bits per heavy atom. The summed E-state index contributed by atoms with van der Waals surface area (Å²) in [5.74, 6) is -0.383. The third-order valence-electron chi connectivity index (χ3n) is 5.63. The number of carbonyl (C=O) groups excluding carboxylic acids is 3. The smallest absolute Gasteiger partial charge is 0.251 e. The van der Waals surface area contributed by atoms with Crippen molar-refractivity contribution in [1.82, 2.24) is 10.6 Å². The van der Waals surface area contributed by atoms with E-state index in [1.165, 1.54) is 11.1 Å². The minimum Gasteiger partial charge on any atom is -0.348 e. The van der Waals surface area contributed by atoms with Gasteiger partial charge < -0.3 is 15.5 Å². The van der Waals surface area contributed by atoms with Crippen molar-refractivity contribution in [3.63, 3.8) is 0 Å². The second kappa shape index (κ2) is 8.47. The van der Waals surface area contributed by atoms with E-state index >= 15 is 0 Å². The fraction of sp³-hybridized carbons (Fsp3) is 0.348. The zero-order valence-electron chi connectivity index (χ0n) is 16.3. The number of nitrogens with zero attached hydrogens (tertiary/aromatic N) is 1. The summed E-state index contributed by atoms with van der Waals surface area (Å²) in [6, 6.07) is 15.1. The second-order valence-electron chi connectivity index (χ2n) is 7.59. The van der Waals surface area contributed by atoms with Crippen molar-refractivity contribution in [1.29, 1.82) is 0 Å². The molecule has 150 valence electrons. The minimum atomic E-state index is -0.302. The molecule has 1 aliphatic carbocycles. The Labute approximate surface area is 170 Å². The second-order valence-corrected chi connectivity index (χ2v) is 7.59. The summed E-state index contributed by atoms with van der Waals surface area (Å²) in [5.41, 5.74) is 3.73. The van der Waals surface area contributed by atoms with Crippen LogP contribution in [-0.4, -0.2) is 30.8 Å². The molecule has 4 rings (SSSR count). The summed E-state index contributed by atoms with van der Waals surface area (Å²) >= 11 is 0. The maximum Gasteiger partial charge on any atom is 0.251 e. The van der Waals surface area contributed by atoms with E-state index in [2.05, 4.69) is 22.8 Å². The van der Waals surface area contributed by atoms with Crippen LogP contribution in [0.4, 0.5) is 5.69 Å². The van der Waals surface area contributed by atoms with Crippen LogP contribution in [0.25, 0.3) is 0 Å². The molecule has 1 atom stereocenters. The molecule has 3 amide bonds. The van der Waals surface area contributed by atoms with E-state index in [0.717, 1.165) is 37.9 Å². The van der Waals surface area contributed by atoms with E-state index in [1.54, 1.807) is 29.2 Å². The summed E-state index contributed by atoms with van der Waals surface area (Å²) < 4.78 is 0. The number of anilines is 1. The first-order valence-corrected chi connectivity index (χ1v) is 10.2. The summed E-state index contributed by atoms with van der Waals surface area (Å²) in [6.07, 6.45) is 4.43. The Morgan fingerprint density at radius 3 is 2.55 bits per heavy atom. The lowest BCUT2D eigenvalue weighted by atomic mass is 9.88. The number of hydrogen-bond donors (Lipinski definition) is 2. The highest BCUT2D eigenvalue weighted by atomic mass is 16.2. The van der Waals surface area contributed by atoms with E-state index < -0.39 is 0 Å². The predicted octanol–water partition coefficient (Wildman–Crippen LogP) is 2.74. The molecule has 1 fully saturated rings. The molecule has 29 heavy (non-hydrogen) atoms. The van der Waals surface area contributed by atoms with Crippen LogP contribution in [-0.2, 0) is 16.0 Å². The Hall–Kier alpha value is -3.15. The van der Waals surface area contributed by atoms with Crippen LogP contribution in [0.3, 0.4) is 0 Å². The van der Waals surface area contributed by atoms with Gasteiger partial charge in [-0.2, -0.15) is 0 Å². The molecular formula is C23H25N3O3. The lowest BCUT2D eigenvalue weighted by molar-refractivity contribution is -0.121. The summed E-state index contributed by atoms with van der Waals surface area (Å²) in [4.78, 5) is 38.3. The van der Waals surface area contributed by atoms with Crippen LogP contribution in [0, 0.1) is 0 Å². The number of carbonyl (C=O) groups is 3. The average molecular weight is 391 g/mol. The first-order chi connectivity index (χ1) is 14.1. The standard InChI is InChI=1S/C23H25N3O3/c27-21(25-20-8-3-6-16-5-1-2-7-19(16)20)15-24-23(29)17-10-12-18(13-11-17)26-14-4-9-22(26)28/h1-2,5,7,10-13,20H,3-4,6,8-9,14-15H2,(H,24,29)(H,25,27)/t20-/m1/s1. The fourth-order valence-electron chi connectivity index (χ4n) is 4.13. The molecule has 6 nitrogen and oxygen atoms in total. The number of nitrogens with one attached hydrogen (secondary N) is 2. The highest BCUT2D eigenvalue weighted by Gasteiger charge is 2.23. The van der Waals surface area contributed by atoms with E-state index in [4.69, 9.17) is 0 Å². The molecule has 2 N–H and O–H groups in total. The number of fused-ring (bicyclic) bond motifs is 1. The van der Waals surface area contributed by atoms with Gasteiger partial charge in [0, 0.05) is 24.2 Å². The third-order valence-corrected chi connectivity index (χ3v) is 5.63.